The number of Topliss-reactive ketones (excluding diaryl/α,β-unsaturated/α-hetero) is 1. The smallest absolute Gasteiger partial charge is 0.319 e. The molecule has 8 nitrogen and oxygen atoms in total. The summed E-state index contributed by atoms with van der Waals surface area (Å²) in [7, 11) is 1.62. The normalized spacial score (nSPS) is 32.5. The molecule has 0 bridgehead atoms. The average molecular weight is 395 g/mol. The Morgan fingerprint density at radius 1 is 1.00 bits per heavy atom. The molecule has 0 radical (unpaired) electrons. The third kappa shape index (κ3) is 2.32. The fourth-order valence-corrected chi connectivity index (χ4v) is 5.59. The number of piperidine rings is 1. The molecule has 1 aliphatic rings. The van der Waals surface area contributed by atoms with Gasteiger partial charge < -0.3 is 10.2 Å². The maximum atomic E-state index is 13.4. The minimum Gasteiger partial charge on any atom is -0.480 e. The van der Waals surface area contributed by atoms with E-state index < -0.39 is 40.6 Å². The summed E-state index contributed by atoms with van der Waals surface area (Å²) in [6.45, 7) is 2.55. The van der Waals surface area contributed by atoms with Gasteiger partial charge in [-0.25, -0.2) is 9.97 Å². The van der Waals surface area contributed by atoms with Crippen molar-refractivity contribution < 1.29 is 24.6 Å². The lowest BCUT2D eigenvalue weighted by Gasteiger charge is -2.52. The number of thiazole rings is 2. The Balaban J connectivity index is 2.30. The number of aliphatic carboxylic acids is 2. The van der Waals surface area contributed by atoms with Crippen LogP contribution in [0, 0.1) is 10.8 Å². The van der Waals surface area contributed by atoms with Crippen molar-refractivity contribution >= 4 is 40.4 Å². The molecule has 1 saturated heterocycles. The molecule has 3 rings (SSSR count). The van der Waals surface area contributed by atoms with E-state index in [1.807, 2.05) is 0 Å². The van der Waals surface area contributed by atoms with E-state index in [1.54, 1.807) is 22.7 Å². The van der Waals surface area contributed by atoms with Gasteiger partial charge in [0.1, 0.15) is 20.8 Å². The van der Waals surface area contributed by atoms with Gasteiger partial charge >= 0.3 is 11.9 Å². The molecule has 10 heteroatoms. The molecule has 2 aromatic heterocycles. The second kappa shape index (κ2) is 6.22. The molecule has 3 heterocycles. The molecular weight excluding hydrogens is 378 g/mol. The van der Waals surface area contributed by atoms with Crippen LogP contribution in [0.5, 0.6) is 0 Å². The number of ketones is 1. The van der Waals surface area contributed by atoms with Crippen LogP contribution in [0.4, 0.5) is 0 Å². The highest BCUT2D eigenvalue weighted by atomic mass is 32.1. The Hall–Kier alpha value is -2.17. The molecule has 0 aromatic carbocycles. The highest BCUT2D eigenvalue weighted by molar-refractivity contribution is 7.10. The van der Waals surface area contributed by atoms with Gasteiger partial charge in [0.05, 0.1) is 12.1 Å². The van der Waals surface area contributed by atoms with E-state index in [1.165, 1.54) is 48.9 Å². The number of carboxylic acid groups (broad SMARTS) is 2. The van der Waals surface area contributed by atoms with Crippen molar-refractivity contribution in [2.75, 3.05) is 7.05 Å². The van der Waals surface area contributed by atoms with Gasteiger partial charge in [0.2, 0.25) is 0 Å². The Labute approximate surface area is 157 Å². The fourth-order valence-electron chi connectivity index (χ4n) is 3.76. The van der Waals surface area contributed by atoms with Gasteiger partial charge in [-0.05, 0) is 20.9 Å². The van der Waals surface area contributed by atoms with E-state index in [0.717, 1.165) is 0 Å². The Morgan fingerprint density at radius 2 is 1.38 bits per heavy atom. The molecule has 1 fully saturated rings. The Kier molecular flexibility index (Phi) is 4.45. The second-order valence-electron chi connectivity index (χ2n) is 6.56. The lowest BCUT2D eigenvalue weighted by Crippen LogP contribution is -2.64. The topological polar surface area (TPSA) is 121 Å². The zero-order valence-electron chi connectivity index (χ0n) is 14.2. The molecule has 0 spiro atoms. The molecule has 2 aromatic rings. The van der Waals surface area contributed by atoms with E-state index >= 15 is 0 Å². The van der Waals surface area contributed by atoms with Crippen molar-refractivity contribution in [1.82, 2.24) is 14.9 Å². The van der Waals surface area contributed by atoms with Gasteiger partial charge in [0.15, 0.2) is 5.78 Å². The maximum absolute atomic E-state index is 13.4. The summed E-state index contributed by atoms with van der Waals surface area (Å²) in [4.78, 5) is 47.7. The number of nitrogens with zero attached hydrogens (tertiary/aromatic N) is 3. The zero-order valence-corrected chi connectivity index (χ0v) is 15.9. The van der Waals surface area contributed by atoms with E-state index in [-0.39, 0.29) is 0 Å². The van der Waals surface area contributed by atoms with Crippen LogP contribution in [0.3, 0.4) is 0 Å². The highest BCUT2D eigenvalue weighted by Crippen LogP contribution is 2.57. The molecular formula is C16H17N3O5S2. The predicted molar refractivity (Wildman–Crippen MR) is 94.0 cm³/mol. The average Bonchev–Trinajstić information content (AvgIpc) is 3.26. The van der Waals surface area contributed by atoms with Crippen molar-refractivity contribution in [2.24, 2.45) is 10.8 Å². The number of rotatable bonds is 4. The van der Waals surface area contributed by atoms with Crippen LogP contribution in [0.2, 0.25) is 0 Å². The van der Waals surface area contributed by atoms with Crippen molar-refractivity contribution in [1.29, 1.82) is 0 Å². The zero-order chi connectivity index (χ0) is 19.3. The number of hydrogen-bond acceptors (Lipinski definition) is 8. The molecule has 0 amide bonds. The first-order chi connectivity index (χ1) is 12.2. The minimum atomic E-state index is -1.96. The SMILES string of the molecule is CN1C(c2nccs2)C(C)(C(=O)O)C(=O)C(C)(C(=O)O)C1c1nccs1. The molecule has 26 heavy (non-hydrogen) atoms. The Morgan fingerprint density at radius 3 is 1.65 bits per heavy atom. The summed E-state index contributed by atoms with van der Waals surface area (Å²) in [5.74, 6) is -3.61. The van der Waals surface area contributed by atoms with Crippen LogP contribution in [0.1, 0.15) is 35.9 Å². The lowest BCUT2D eigenvalue weighted by atomic mass is 9.60. The summed E-state index contributed by atoms with van der Waals surface area (Å²) in [5, 5.41) is 24.1. The van der Waals surface area contributed by atoms with Crippen LogP contribution in [-0.4, -0.2) is 49.9 Å². The maximum Gasteiger partial charge on any atom is 0.319 e. The van der Waals surface area contributed by atoms with Crippen LogP contribution < -0.4 is 0 Å². The van der Waals surface area contributed by atoms with Gasteiger partial charge in [-0.3, -0.25) is 19.3 Å². The van der Waals surface area contributed by atoms with Crippen molar-refractivity contribution in [3.05, 3.63) is 33.2 Å². The first-order valence-corrected chi connectivity index (χ1v) is 9.45. The quantitative estimate of drug-likeness (QED) is 0.755. The predicted octanol–water partition coefficient (Wildman–Crippen LogP) is 2.08. The van der Waals surface area contributed by atoms with E-state index in [2.05, 4.69) is 9.97 Å². The third-order valence-electron chi connectivity index (χ3n) is 5.11. The fraction of sp³-hybridized carbons (Fsp3) is 0.438. The van der Waals surface area contributed by atoms with Crippen molar-refractivity contribution in [2.45, 2.75) is 25.9 Å². The number of likely N-dealkylation sites (tertiary alicyclic amines) is 1. The number of hydrogen-bond donors (Lipinski definition) is 2. The largest absolute Gasteiger partial charge is 0.480 e. The van der Waals surface area contributed by atoms with Crippen molar-refractivity contribution in [3.63, 3.8) is 0 Å². The van der Waals surface area contributed by atoms with E-state index in [4.69, 9.17) is 0 Å². The summed E-state index contributed by atoms with van der Waals surface area (Å²) >= 11 is 2.46. The van der Waals surface area contributed by atoms with Crippen molar-refractivity contribution in [3.8, 4) is 0 Å². The number of carbonyl (C=O) groups excluding carboxylic acids is 1. The molecule has 138 valence electrons. The molecule has 4 unspecified atom stereocenters. The van der Waals surface area contributed by atoms with Crippen LogP contribution in [0.25, 0.3) is 0 Å². The monoisotopic (exact) mass is 395 g/mol. The lowest BCUT2D eigenvalue weighted by molar-refractivity contribution is -0.184. The number of carboxylic acids is 2. The Bertz CT molecular complexity index is 785. The first-order valence-electron chi connectivity index (χ1n) is 7.69. The van der Waals surface area contributed by atoms with Gasteiger partial charge in [0, 0.05) is 23.2 Å². The molecule has 1 aliphatic heterocycles. The molecule has 4 atom stereocenters. The van der Waals surface area contributed by atoms with Gasteiger partial charge in [-0.15, -0.1) is 22.7 Å². The molecule has 0 aliphatic carbocycles. The standard InChI is InChI=1S/C16H17N3O5S2/c1-15(13(21)22)8(10-17-4-6-25-10)19(3)9(11-18-5-7-26-11)16(2,12(15)20)14(23)24/h4-9H,1-3H3,(H,21,22)(H,23,24). The van der Waals surface area contributed by atoms with Gasteiger partial charge in [-0.1, -0.05) is 0 Å². The first kappa shape index (κ1) is 18.6. The summed E-state index contributed by atoms with van der Waals surface area (Å²) in [6, 6.07) is -1.82. The second-order valence-corrected chi connectivity index (χ2v) is 8.41. The van der Waals surface area contributed by atoms with Crippen LogP contribution in [0.15, 0.2) is 23.2 Å². The summed E-state index contributed by atoms with van der Waals surface area (Å²) in [5.41, 5.74) is -3.93. The van der Waals surface area contributed by atoms with Gasteiger partial charge in [-0.2, -0.15) is 0 Å². The number of aromatic nitrogens is 2. The highest BCUT2D eigenvalue weighted by Gasteiger charge is 2.68. The number of carbonyl (C=O) groups is 3. The van der Waals surface area contributed by atoms with Crippen LogP contribution >= 0.6 is 22.7 Å². The van der Waals surface area contributed by atoms with Crippen LogP contribution in [-0.2, 0) is 14.4 Å². The van der Waals surface area contributed by atoms with Gasteiger partial charge in [0.25, 0.3) is 0 Å². The molecule has 2 N–H and O–H groups in total. The van der Waals surface area contributed by atoms with E-state index in [9.17, 15) is 24.6 Å². The molecule has 0 saturated carbocycles. The third-order valence-corrected chi connectivity index (χ3v) is 6.77. The van der Waals surface area contributed by atoms with E-state index in [0.29, 0.717) is 10.0 Å². The minimum absolute atomic E-state index is 0.444. The summed E-state index contributed by atoms with van der Waals surface area (Å²) < 4.78 is 0. The summed E-state index contributed by atoms with van der Waals surface area (Å²) in [6.07, 6.45) is 3.06.